The van der Waals surface area contributed by atoms with Crippen LogP contribution in [-0.4, -0.2) is 28.6 Å². The van der Waals surface area contributed by atoms with Crippen LogP contribution in [0.5, 0.6) is 0 Å². The van der Waals surface area contributed by atoms with Crippen LogP contribution in [0, 0.1) is 0 Å². The fraction of sp³-hybridized carbons (Fsp3) is 0.294. The first kappa shape index (κ1) is 14.0. The average molecular weight is 311 g/mol. The molecule has 4 rings (SSSR count). The van der Waals surface area contributed by atoms with E-state index < -0.39 is 0 Å². The average Bonchev–Trinajstić information content (AvgIpc) is 3.27. The molecule has 2 aromatic heterocycles. The van der Waals surface area contributed by atoms with Crippen molar-refractivity contribution in [1.82, 2.24) is 9.97 Å². The molecule has 23 heavy (non-hydrogen) atoms. The van der Waals surface area contributed by atoms with Gasteiger partial charge in [0, 0.05) is 12.3 Å². The largest absolute Gasteiger partial charge is 0.461 e. The van der Waals surface area contributed by atoms with Crippen LogP contribution in [0.1, 0.15) is 19.3 Å². The van der Waals surface area contributed by atoms with Crippen LogP contribution in [0.25, 0.3) is 22.6 Å². The molecule has 1 aliphatic heterocycles. The summed E-state index contributed by atoms with van der Waals surface area (Å²) in [5.41, 5.74) is 2.43. The summed E-state index contributed by atoms with van der Waals surface area (Å²) in [6.45, 7) is 0.758. The summed E-state index contributed by atoms with van der Waals surface area (Å²) in [6, 6.07) is 9.27. The number of carbonyl (C=O) groups excluding carboxylic acids is 1. The van der Waals surface area contributed by atoms with E-state index in [1.54, 1.807) is 6.26 Å². The highest BCUT2D eigenvalue weighted by atomic mass is 16.5. The standard InChI is InChI=1S/C17H17N3O3/c21-16(10-12-3-1-7-22-12)18-11-5-6-13-14(9-11)20-17(19-13)15-4-2-8-23-15/h2,4-6,8-9,12H,1,3,7,10H2,(H,18,21)(H,19,20). The van der Waals surface area contributed by atoms with Gasteiger partial charge in [-0.05, 0) is 43.2 Å². The van der Waals surface area contributed by atoms with Gasteiger partial charge in [0.25, 0.3) is 0 Å². The van der Waals surface area contributed by atoms with E-state index in [9.17, 15) is 4.79 Å². The Kier molecular flexibility index (Phi) is 3.59. The lowest BCUT2D eigenvalue weighted by Gasteiger charge is -2.09. The number of aromatic nitrogens is 2. The maximum atomic E-state index is 12.1. The number of amides is 1. The molecule has 0 aliphatic carbocycles. The number of hydrogen-bond acceptors (Lipinski definition) is 4. The van der Waals surface area contributed by atoms with Gasteiger partial charge in [0.2, 0.25) is 5.91 Å². The zero-order chi connectivity index (χ0) is 15.6. The van der Waals surface area contributed by atoms with E-state index in [1.807, 2.05) is 30.3 Å². The Bertz CT molecular complexity index is 817. The number of aromatic amines is 1. The molecule has 118 valence electrons. The molecule has 6 nitrogen and oxygen atoms in total. The minimum atomic E-state index is -0.0259. The van der Waals surface area contributed by atoms with Gasteiger partial charge >= 0.3 is 0 Å². The van der Waals surface area contributed by atoms with E-state index in [0.29, 0.717) is 18.0 Å². The zero-order valence-electron chi connectivity index (χ0n) is 12.5. The van der Waals surface area contributed by atoms with Gasteiger partial charge in [-0.25, -0.2) is 4.98 Å². The number of nitrogens with one attached hydrogen (secondary N) is 2. The van der Waals surface area contributed by atoms with Crippen LogP contribution in [0.15, 0.2) is 41.0 Å². The molecule has 1 atom stereocenters. The second-order valence-corrected chi connectivity index (χ2v) is 5.68. The number of furan rings is 1. The van der Waals surface area contributed by atoms with Crippen LogP contribution < -0.4 is 5.32 Å². The van der Waals surface area contributed by atoms with Crippen molar-refractivity contribution in [3.63, 3.8) is 0 Å². The second kappa shape index (κ2) is 5.89. The number of anilines is 1. The van der Waals surface area contributed by atoms with Gasteiger partial charge in [0.1, 0.15) is 0 Å². The van der Waals surface area contributed by atoms with Gasteiger partial charge in [-0.2, -0.15) is 0 Å². The molecule has 1 amide bonds. The Morgan fingerprint density at radius 2 is 2.35 bits per heavy atom. The SMILES string of the molecule is O=C(CC1CCCO1)Nc1ccc2nc(-c3ccco3)[nH]c2c1. The smallest absolute Gasteiger partial charge is 0.226 e. The molecule has 0 spiro atoms. The summed E-state index contributed by atoms with van der Waals surface area (Å²) in [7, 11) is 0. The first-order valence-corrected chi connectivity index (χ1v) is 7.73. The molecule has 0 saturated carbocycles. The second-order valence-electron chi connectivity index (χ2n) is 5.68. The lowest BCUT2D eigenvalue weighted by molar-refractivity contribution is -0.118. The van der Waals surface area contributed by atoms with Crippen LogP contribution >= 0.6 is 0 Å². The first-order valence-electron chi connectivity index (χ1n) is 7.73. The third-order valence-electron chi connectivity index (χ3n) is 3.96. The molecule has 2 N–H and O–H groups in total. The van der Waals surface area contributed by atoms with Crippen LogP contribution in [0.2, 0.25) is 0 Å². The molecule has 1 fully saturated rings. The number of imidazole rings is 1. The van der Waals surface area contributed by atoms with Gasteiger partial charge in [-0.3, -0.25) is 4.79 Å². The van der Waals surface area contributed by atoms with Crippen molar-refractivity contribution in [2.24, 2.45) is 0 Å². The van der Waals surface area contributed by atoms with Gasteiger partial charge < -0.3 is 19.5 Å². The summed E-state index contributed by atoms with van der Waals surface area (Å²) in [5.74, 6) is 1.33. The molecule has 6 heteroatoms. The normalized spacial score (nSPS) is 17.7. The number of nitrogens with zero attached hydrogens (tertiary/aromatic N) is 1. The summed E-state index contributed by atoms with van der Waals surface area (Å²) in [4.78, 5) is 19.7. The summed E-state index contributed by atoms with van der Waals surface area (Å²) < 4.78 is 10.8. The number of rotatable bonds is 4. The van der Waals surface area contributed by atoms with E-state index in [-0.39, 0.29) is 12.0 Å². The number of H-pyrrole nitrogens is 1. The molecular formula is C17H17N3O3. The Morgan fingerprint density at radius 3 is 3.13 bits per heavy atom. The third kappa shape index (κ3) is 2.98. The van der Waals surface area contributed by atoms with Crippen molar-refractivity contribution in [1.29, 1.82) is 0 Å². The number of hydrogen-bond donors (Lipinski definition) is 2. The summed E-state index contributed by atoms with van der Waals surface area (Å²) in [6.07, 6.45) is 4.06. The molecule has 1 aliphatic rings. The molecular weight excluding hydrogens is 294 g/mol. The van der Waals surface area contributed by atoms with Crippen molar-refractivity contribution >= 4 is 22.6 Å². The fourth-order valence-corrected chi connectivity index (χ4v) is 2.84. The maximum Gasteiger partial charge on any atom is 0.226 e. The highest BCUT2D eigenvalue weighted by Gasteiger charge is 2.19. The van der Waals surface area contributed by atoms with Crippen LogP contribution in [0.3, 0.4) is 0 Å². The van der Waals surface area contributed by atoms with Gasteiger partial charge in [-0.1, -0.05) is 0 Å². The van der Waals surface area contributed by atoms with Crippen LogP contribution in [0.4, 0.5) is 5.69 Å². The molecule has 0 radical (unpaired) electrons. The fourth-order valence-electron chi connectivity index (χ4n) is 2.84. The van der Waals surface area contributed by atoms with Gasteiger partial charge in [-0.15, -0.1) is 0 Å². The van der Waals surface area contributed by atoms with E-state index in [4.69, 9.17) is 9.15 Å². The lowest BCUT2D eigenvalue weighted by atomic mass is 10.1. The highest BCUT2D eigenvalue weighted by molar-refractivity contribution is 5.93. The maximum absolute atomic E-state index is 12.1. The Labute approximate surface area is 132 Å². The molecule has 1 aromatic carbocycles. The quantitative estimate of drug-likeness (QED) is 0.774. The Morgan fingerprint density at radius 1 is 1.39 bits per heavy atom. The number of ether oxygens (including phenoxy) is 1. The van der Waals surface area contributed by atoms with Crippen molar-refractivity contribution in [3.05, 3.63) is 36.6 Å². The van der Waals surface area contributed by atoms with Crippen molar-refractivity contribution in [3.8, 4) is 11.6 Å². The minimum absolute atomic E-state index is 0.0259. The first-order chi connectivity index (χ1) is 11.3. The Balaban J connectivity index is 1.50. The van der Waals surface area contributed by atoms with E-state index in [1.165, 1.54) is 0 Å². The van der Waals surface area contributed by atoms with Crippen molar-refractivity contribution in [2.75, 3.05) is 11.9 Å². The Hall–Kier alpha value is -2.60. The summed E-state index contributed by atoms with van der Waals surface area (Å²) >= 11 is 0. The van der Waals surface area contributed by atoms with Crippen molar-refractivity contribution < 1.29 is 13.9 Å². The van der Waals surface area contributed by atoms with Crippen LogP contribution in [-0.2, 0) is 9.53 Å². The number of fused-ring (bicyclic) bond motifs is 1. The molecule has 0 bridgehead atoms. The van der Waals surface area contributed by atoms with E-state index >= 15 is 0 Å². The highest BCUT2D eigenvalue weighted by Crippen LogP contribution is 2.23. The topological polar surface area (TPSA) is 80.2 Å². The molecule has 1 unspecified atom stereocenters. The third-order valence-corrected chi connectivity index (χ3v) is 3.96. The lowest BCUT2D eigenvalue weighted by Crippen LogP contribution is -2.19. The number of benzene rings is 1. The van der Waals surface area contributed by atoms with Crippen molar-refractivity contribution in [2.45, 2.75) is 25.4 Å². The molecule has 1 saturated heterocycles. The number of carbonyl (C=O) groups is 1. The predicted octanol–water partition coefficient (Wildman–Crippen LogP) is 3.33. The monoisotopic (exact) mass is 311 g/mol. The van der Waals surface area contributed by atoms with E-state index in [0.717, 1.165) is 36.2 Å². The van der Waals surface area contributed by atoms with Gasteiger partial charge in [0.15, 0.2) is 11.6 Å². The molecule has 3 aromatic rings. The van der Waals surface area contributed by atoms with Gasteiger partial charge in [0.05, 0.1) is 29.8 Å². The van der Waals surface area contributed by atoms with E-state index in [2.05, 4.69) is 15.3 Å². The summed E-state index contributed by atoms with van der Waals surface area (Å²) in [5, 5.41) is 2.91. The zero-order valence-corrected chi connectivity index (χ0v) is 12.5. The minimum Gasteiger partial charge on any atom is -0.461 e. The predicted molar refractivity (Wildman–Crippen MR) is 86.0 cm³/mol. The molecule has 3 heterocycles.